The second-order valence-electron chi connectivity index (χ2n) is 6.53. The van der Waals surface area contributed by atoms with Crippen molar-refractivity contribution in [2.75, 3.05) is 38.7 Å². The Balaban J connectivity index is 1.21. The summed E-state index contributed by atoms with van der Waals surface area (Å²) in [4.78, 5) is 16.9. The van der Waals surface area contributed by atoms with Crippen LogP contribution in [0.2, 0.25) is 0 Å². The third kappa shape index (κ3) is 5.74. The van der Waals surface area contributed by atoms with Gasteiger partial charge in [-0.2, -0.15) is 0 Å². The predicted molar refractivity (Wildman–Crippen MR) is 107 cm³/mol. The van der Waals surface area contributed by atoms with Crippen LogP contribution < -0.4 is 21.1 Å². The zero-order valence-electron chi connectivity index (χ0n) is 15.7. The third-order valence-corrected chi connectivity index (χ3v) is 4.52. The number of para-hydroxylation sites is 2. The fraction of sp³-hybridized carbons (Fsp3) is 0.450. The lowest BCUT2D eigenvalue weighted by Gasteiger charge is -2.17. The van der Waals surface area contributed by atoms with E-state index < -0.39 is 0 Å². The Bertz CT molecular complexity index is 797. The molecule has 0 spiro atoms. The number of aromatic nitrogens is 2. The number of anilines is 1. The van der Waals surface area contributed by atoms with E-state index in [0.717, 1.165) is 68.3 Å². The number of benzene rings is 1. The number of rotatable bonds is 11. The topological polar surface area (TPSA) is 91.2 Å². The summed E-state index contributed by atoms with van der Waals surface area (Å²) in [5.41, 5.74) is 2.65. The van der Waals surface area contributed by atoms with E-state index >= 15 is 0 Å². The number of aromatic amines is 2. The van der Waals surface area contributed by atoms with Crippen molar-refractivity contribution in [3.05, 3.63) is 52.2 Å². The molecule has 7 nitrogen and oxygen atoms in total. The lowest BCUT2D eigenvalue weighted by Crippen LogP contribution is -2.24. The average Bonchev–Trinajstić information content (AvgIpc) is 3.06. The highest BCUT2D eigenvalue weighted by atomic mass is 16.5. The number of H-pyrrole nitrogens is 2. The average molecular weight is 372 g/mol. The minimum absolute atomic E-state index is 0.0435. The largest absolute Gasteiger partial charge is 0.495 e. The molecule has 1 aromatic heterocycles. The molecule has 0 fully saturated rings. The van der Waals surface area contributed by atoms with Gasteiger partial charge in [0.25, 0.3) is 0 Å². The van der Waals surface area contributed by atoms with Crippen molar-refractivity contribution in [3.8, 4) is 5.75 Å². The van der Waals surface area contributed by atoms with E-state index in [1.807, 2.05) is 36.4 Å². The first-order valence-electron chi connectivity index (χ1n) is 9.45. The van der Waals surface area contributed by atoms with Crippen molar-refractivity contribution in [2.24, 2.45) is 0 Å². The van der Waals surface area contributed by atoms with E-state index in [2.05, 4.69) is 20.6 Å². The molecule has 0 saturated heterocycles. The van der Waals surface area contributed by atoms with Gasteiger partial charge < -0.3 is 30.1 Å². The van der Waals surface area contributed by atoms with Crippen molar-refractivity contribution in [3.63, 3.8) is 0 Å². The van der Waals surface area contributed by atoms with Gasteiger partial charge in [-0.15, -0.1) is 0 Å². The van der Waals surface area contributed by atoms with E-state index in [1.165, 1.54) is 0 Å². The molecule has 1 aliphatic rings. The molecule has 2 aromatic rings. The summed E-state index contributed by atoms with van der Waals surface area (Å²) in [6, 6.07) is 7.92. The summed E-state index contributed by atoms with van der Waals surface area (Å²) in [7, 11) is 1.68. The van der Waals surface area contributed by atoms with Gasteiger partial charge in [-0.05, 0) is 37.6 Å². The van der Waals surface area contributed by atoms with Gasteiger partial charge in [-0.1, -0.05) is 18.2 Å². The molecule has 0 saturated carbocycles. The molecule has 1 atom stereocenters. The van der Waals surface area contributed by atoms with E-state index in [4.69, 9.17) is 9.47 Å². The van der Waals surface area contributed by atoms with Crippen LogP contribution in [-0.4, -0.2) is 49.4 Å². The van der Waals surface area contributed by atoms with Gasteiger partial charge in [0.1, 0.15) is 5.75 Å². The number of imidazole rings is 1. The fourth-order valence-electron chi connectivity index (χ4n) is 3.11. The van der Waals surface area contributed by atoms with E-state index in [-0.39, 0.29) is 11.8 Å². The predicted octanol–water partition coefficient (Wildman–Crippen LogP) is 2.15. The lowest BCUT2D eigenvalue weighted by molar-refractivity contribution is 0.0816. The number of hydrogen-bond donors (Lipinski definition) is 4. The van der Waals surface area contributed by atoms with Crippen LogP contribution in [0.25, 0.3) is 6.08 Å². The number of hydrogen-bond acceptors (Lipinski definition) is 5. The van der Waals surface area contributed by atoms with Crippen LogP contribution in [0.5, 0.6) is 5.75 Å². The van der Waals surface area contributed by atoms with Crippen molar-refractivity contribution >= 4 is 11.8 Å². The summed E-state index contributed by atoms with van der Waals surface area (Å²) in [6.07, 6.45) is 6.76. The standard InChI is InChI=1S/C20H28N4O3/c1-26-19-7-3-2-6-17(19)22-12-11-21-10-4-5-13-27-15-8-9-16-18(14-15)24-20(25)23-16/h2-3,6-9,15,21-22H,4-5,10-14H2,1H3,(H2,23,24,25). The number of ether oxygens (including phenoxy) is 2. The molecule has 27 heavy (non-hydrogen) atoms. The molecule has 0 amide bonds. The molecular weight excluding hydrogens is 344 g/mol. The van der Waals surface area contributed by atoms with Gasteiger partial charge in [0, 0.05) is 31.8 Å². The van der Waals surface area contributed by atoms with Crippen molar-refractivity contribution < 1.29 is 9.47 Å². The van der Waals surface area contributed by atoms with Crippen molar-refractivity contribution in [1.29, 1.82) is 0 Å². The Kier molecular flexibility index (Phi) is 7.12. The van der Waals surface area contributed by atoms with Gasteiger partial charge in [-0.3, -0.25) is 0 Å². The molecule has 7 heteroatoms. The van der Waals surface area contributed by atoms with Gasteiger partial charge in [0.05, 0.1) is 24.6 Å². The van der Waals surface area contributed by atoms with E-state index in [1.54, 1.807) is 7.11 Å². The summed E-state index contributed by atoms with van der Waals surface area (Å²) in [5, 5.41) is 6.80. The molecule has 0 radical (unpaired) electrons. The summed E-state index contributed by atoms with van der Waals surface area (Å²) >= 11 is 0. The molecule has 4 N–H and O–H groups in total. The Morgan fingerprint density at radius 2 is 2.04 bits per heavy atom. The van der Waals surface area contributed by atoms with Crippen LogP contribution >= 0.6 is 0 Å². The Morgan fingerprint density at radius 1 is 1.15 bits per heavy atom. The van der Waals surface area contributed by atoms with Crippen molar-refractivity contribution in [1.82, 2.24) is 15.3 Å². The molecule has 146 valence electrons. The highest BCUT2D eigenvalue weighted by Crippen LogP contribution is 2.22. The maximum atomic E-state index is 11.3. The zero-order valence-corrected chi connectivity index (χ0v) is 15.7. The molecular formula is C20H28N4O3. The van der Waals surface area contributed by atoms with E-state index in [0.29, 0.717) is 0 Å². The zero-order chi connectivity index (χ0) is 18.9. The number of nitrogens with one attached hydrogen (secondary N) is 4. The van der Waals surface area contributed by atoms with Gasteiger partial charge >= 0.3 is 5.69 Å². The maximum absolute atomic E-state index is 11.3. The molecule has 0 bridgehead atoms. The fourth-order valence-corrected chi connectivity index (χ4v) is 3.11. The summed E-state index contributed by atoms with van der Waals surface area (Å²) < 4.78 is 11.2. The van der Waals surface area contributed by atoms with Crippen LogP contribution in [0.4, 0.5) is 5.69 Å². The number of fused-ring (bicyclic) bond motifs is 1. The van der Waals surface area contributed by atoms with Gasteiger partial charge in [-0.25, -0.2) is 4.79 Å². The van der Waals surface area contributed by atoms with Gasteiger partial charge in [0.15, 0.2) is 0 Å². The molecule has 1 aliphatic carbocycles. The molecule has 1 unspecified atom stereocenters. The molecule has 1 aromatic carbocycles. The lowest BCUT2D eigenvalue weighted by atomic mass is 10.1. The maximum Gasteiger partial charge on any atom is 0.323 e. The minimum atomic E-state index is -0.156. The van der Waals surface area contributed by atoms with Crippen LogP contribution in [0.1, 0.15) is 24.2 Å². The summed E-state index contributed by atoms with van der Waals surface area (Å²) in [6.45, 7) is 3.43. The highest BCUT2D eigenvalue weighted by Gasteiger charge is 2.16. The van der Waals surface area contributed by atoms with Gasteiger partial charge in [0.2, 0.25) is 0 Å². The monoisotopic (exact) mass is 372 g/mol. The summed E-state index contributed by atoms with van der Waals surface area (Å²) in [5.74, 6) is 0.863. The van der Waals surface area contributed by atoms with Crippen LogP contribution in [0.15, 0.2) is 35.1 Å². The Hall–Kier alpha value is -2.51. The smallest absolute Gasteiger partial charge is 0.323 e. The van der Waals surface area contributed by atoms with E-state index in [9.17, 15) is 4.79 Å². The third-order valence-electron chi connectivity index (χ3n) is 4.52. The second-order valence-corrected chi connectivity index (χ2v) is 6.53. The second kappa shape index (κ2) is 9.99. The number of unbranched alkanes of at least 4 members (excludes halogenated alkanes) is 1. The normalized spacial score (nSPS) is 15.5. The first-order chi connectivity index (χ1) is 13.3. The SMILES string of the molecule is COc1ccccc1NCCNCCCCOC1C=Cc2[nH]c(=O)[nH]c2C1. The first-order valence-corrected chi connectivity index (χ1v) is 9.45. The first kappa shape index (κ1) is 19.3. The quantitative estimate of drug-likeness (QED) is 0.454. The molecule has 3 rings (SSSR count). The van der Waals surface area contributed by atoms with Crippen molar-refractivity contribution in [2.45, 2.75) is 25.4 Å². The minimum Gasteiger partial charge on any atom is -0.495 e. The highest BCUT2D eigenvalue weighted by molar-refractivity contribution is 5.56. The number of methoxy groups -OCH3 is 1. The van der Waals surface area contributed by atoms with Crippen LogP contribution in [-0.2, 0) is 11.2 Å². The van der Waals surface area contributed by atoms with Crippen LogP contribution in [0, 0.1) is 0 Å². The molecule has 1 heterocycles. The Morgan fingerprint density at radius 3 is 2.93 bits per heavy atom. The van der Waals surface area contributed by atoms with Crippen LogP contribution in [0.3, 0.4) is 0 Å². The Labute approximate surface area is 159 Å². The molecule has 0 aliphatic heterocycles.